The molecular weight excluding hydrogens is 332 g/mol. The Morgan fingerprint density at radius 2 is 1.73 bits per heavy atom. The first-order valence-electron chi connectivity index (χ1n) is 8.26. The molecule has 0 radical (unpaired) electrons. The largest absolute Gasteiger partial charge is 0.497 e. The van der Waals surface area contributed by atoms with Gasteiger partial charge in [0.2, 0.25) is 5.91 Å². The molecule has 0 spiro atoms. The van der Waals surface area contributed by atoms with Crippen LogP contribution in [-0.2, 0) is 9.59 Å². The van der Waals surface area contributed by atoms with E-state index in [2.05, 4.69) is 5.32 Å². The number of anilines is 1. The fourth-order valence-corrected chi connectivity index (χ4v) is 2.48. The molecule has 6 heteroatoms. The lowest BCUT2D eigenvalue weighted by Gasteiger charge is -2.17. The molecule has 0 heterocycles. The maximum absolute atomic E-state index is 12.2. The molecule has 26 heavy (non-hydrogen) atoms. The van der Waals surface area contributed by atoms with Crippen molar-refractivity contribution in [2.75, 3.05) is 32.6 Å². The van der Waals surface area contributed by atoms with Crippen LogP contribution in [0, 0.1) is 13.8 Å². The minimum absolute atomic E-state index is 0.0632. The third kappa shape index (κ3) is 5.81. The van der Waals surface area contributed by atoms with Gasteiger partial charge in [-0.25, -0.2) is 0 Å². The lowest BCUT2D eigenvalue weighted by atomic mass is 10.1. The Bertz CT molecular complexity index is 769. The zero-order chi connectivity index (χ0) is 19.1. The molecule has 0 unspecified atom stereocenters. The molecule has 2 aromatic rings. The van der Waals surface area contributed by atoms with E-state index in [0.717, 1.165) is 11.1 Å². The Morgan fingerprint density at radius 3 is 2.38 bits per heavy atom. The standard InChI is InChI=1S/C20H24N2O4/c1-14-8-15(2)10-18(9-14)26-13-20(24)22(3)12-19(23)21-16-6-5-7-17(11-16)25-4/h5-11H,12-13H2,1-4H3,(H,21,23). The molecule has 0 saturated heterocycles. The van der Waals surface area contributed by atoms with Crippen molar-refractivity contribution in [3.63, 3.8) is 0 Å². The van der Waals surface area contributed by atoms with Crippen LogP contribution in [0.4, 0.5) is 5.69 Å². The number of benzene rings is 2. The quantitative estimate of drug-likeness (QED) is 0.828. The van der Waals surface area contributed by atoms with E-state index in [-0.39, 0.29) is 25.0 Å². The molecule has 0 saturated carbocycles. The zero-order valence-corrected chi connectivity index (χ0v) is 15.5. The number of aryl methyl sites for hydroxylation is 2. The summed E-state index contributed by atoms with van der Waals surface area (Å²) in [6.45, 7) is 3.76. The summed E-state index contributed by atoms with van der Waals surface area (Å²) < 4.78 is 10.7. The Kier molecular flexibility index (Phi) is 6.60. The molecule has 0 aromatic heterocycles. The van der Waals surface area contributed by atoms with Crippen molar-refractivity contribution in [1.82, 2.24) is 4.90 Å². The van der Waals surface area contributed by atoms with Crippen molar-refractivity contribution < 1.29 is 19.1 Å². The number of hydrogen-bond acceptors (Lipinski definition) is 4. The molecule has 2 amide bonds. The van der Waals surface area contributed by atoms with Crippen LogP contribution < -0.4 is 14.8 Å². The van der Waals surface area contributed by atoms with E-state index >= 15 is 0 Å². The number of rotatable bonds is 7. The van der Waals surface area contributed by atoms with Gasteiger partial charge in [-0.05, 0) is 49.2 Å². The van der Waals surface area contributed by atoms with Crippen molar-refractivity contribution >= 4 is 17.5 Å². The lowest BCUT2D eigenvalue weighted by Crippen LogP contribution is -2.37. The van der Waals surface area contributed by atoms with Crippen LogP contribution in [0.3, 0.4) is 0 Å². The van der Waals surface area contributed by atoms with Crippen LogP contribution in [0.2, 0.25) is 0 Å². The van der Waals surface area contributed by atoms with E-state index in [9.17, 15) is 9.59 Å². The molecule has 0 aliphatic heterocycles. The van der Waals surface area contributed by atoms with Gasteiger partial charge in [-0.15, -0.1) is 0 Å². The number of amides is 2. The molecule has 0 aliphatic rings. The zero-order valence-electron chi connectivity index (χ0n) is 15.5. The number of likely N-dealkylation sites (N-methyl/N-ethyl adjacent to an activating group) is 1. The minimum Gasteiger partial charge on any atom is -0.497 e. The Labute approximate surface area is 153 Å². The fourth-order valence-electron chi connectivity index (χ4n) is 2.48. The minimum atomic E-state index is -0.291. The average molecular weight is 356 g/mol. The van der Waals surface area contributed by atoms with Crippen molar-refractivity contribution in [1.29, 1.82) is 0 Å². The molecule has 2 rings (SSSR count). The van der Waals surface area contributed by atoms with E-state index in [1.807, 2.05) is 32.0 Å². The second-order valence-electron chi connectivity index (χ2n) is 6.14. The molecule has 2 aromatic carbocycles. The summed E-state index contributed by atoms with van der Waals surface area (Å²) in [7, 11) is 3.13. The molecule has 1 N–H and O–H groups in total. The van der Waals surface area contributed by atoms with Crippen LogP contribution in [0.1, 0.15) is 11.1 Å². The Balaban J connectivity index is 1.84. The molecule has 0 fully saturated rings. The van der Waals surface area contributed by atoms with E-state index < -0.39 is 0 Å². The second kappa shape index (κ2) is 8.89. The van der Waals surface area contributed by atoms with Gasteiger partial charge >= 0.3 is 0 Å². The molecule has 138 valence electrons. The maximum atomic E-state index is 12.2. The number of ether oxygens (including phenoxy) is 2. The van der Waals surface area contributed by atoms with Gasteiger partial charge in [-0.2, -0.15) is 0 Å². The van der Waals surface area contributed by atoms with E-state index in [1.54, 1.807) is 38.4 Å². The van der Waals surface area contributed by atoms with Gasteiger partial charge in [0, 0.05) is 18.8 Å². The fraction of sp³-hybridized carbons (Fsp3) is 0.300. The van der Waals surface area contributed by atoms with Gasteiger partial charge in [-0.3, -0.25) is 9.59 Å². The van der Waals surface area contributed by atoms with Crippen LogP contribution in [0.5, 0.6) is 11.5 Å². The topological polar surface area (TPSA) is 67.9 Å². The predicted molar refractivity (Wildman–Crippen MR) is 101 cm³/mol. The highest BCUT2D eigenvalue weighted by atomic mass is 16.5. The van der Waals surface area contributed by atoms with E-state index in [1.165, 1.54) is 4.90 Å². The van der Waals surface area contributed by atoms with Crippen LogP contribution in [0.15, 0.2) is 42.5 Å². The van der Waals surface area contributed by atoms with Crippen molar-refractivity contribution in [3.8, 4) is 11.5 Å². The summed E-state index contributed by atoms with van der Waals surface area (Å²) in [5.74, 6) is 0.726. The Hall–Kier alpha value is -3.02. The van der Waals surface area contributed by atoms with Gasteiger partial charge in [0.25, 0.3) is 5.91 Å². The van der Waals surface area contributed by atoms with Crippen LogP contribution in [-0.4, -0.2) is 44.0 Å². The maximum Gasteiger partial charge on any atom is 0.260 e. The van der Waals surface area contributed by atoms with Crippen molar-refractivity contribution in [2.24, 2.45) is 0 Å². The summed E-state index contributed by atoms with van der Waals surface area (Å²) in [6.07, 6.45) is 0. The molecule has 0 atom stereocenters. The third-order valence-corrected chi connectivity index (χ3v) is 3.72. The first-order valence-corrected chi connectivity index (χ1v) is 8.26. The summed E-state index contributed by atoms with van der Waals surface area (Å²) in [5.41, 5.74) is 2.75. The number of hydrogen-bond donors (Lipinski definition) is 1. The summed E-state index contributed by atoms with van der Waals surface area (Å²) in [5, 5.41) is 2.74. The number of nitrogens with one attached hydrogen (secondary N) is 1. The van der Waals surface area contributed by atoms with Crippen molar-refractivity contribution in [2.45, 2.75) is 13.8 Å². The first-order chi connectivity index (χ1) is 12.4. The Morgan fingerprint density at radius 1 is 1.04 bits per heavy atom. The van der Waals surface area contributed by atoms with Gasteiger partial charge in [0.05, 0.1) is 13.7 Å². The summed E-state index contributed by atoms with van der Waals surface area (Å²) >= 11 is 0. The van der Waals surface area contributed by atoms with Gasteiger partial charge in [-0.1, -0.05) is 12.1 Å². The lowest BCUT2D eigenvalue weighted by molar-refractivity contribution is -0.135. The van der Waals surface area contributed by atoms with Gasteiger partial charge in [0.15, 0.2) is 6.61 Å². The van der Waals surface area contributed by atoms with Gasteiger partial charge in [0.1, 0.15) is 11.5 Å². The first kappa shape index (κ1) is 19.3. The summed E-state index contributed by atoms with van der Waals surface area (Å²) in [4.78, 5) is 25.6. The SMILES string of the molecule is COc1cccc(NC(=O)CN(C)C(=O)COc2cc(C)cc(C)c2)c1. The second-order valence-corrected chi connectivity index (χ2v) is 6.14. The number of nitrogens with zero attached hydrogens (tertiary/aromatic N) is 1. The smallest absolute Gasteiger partial charge is 0.260 e. The predicted octanol–water partition coefficient (Wildman–Crippen LogP) is 2.79. The van der Waals surface area contributed by atoms with Crippen molar-refractivity contribution in [3.05, 3.63) is 53.6 Å². The van der Waals surface area contributed by atoms with Crippen LogP contribution >= 0.6 is 0 Å². The van der Waals surface area contributed by atoms with Crippen LogP contribution in [0.25, 0.3) is 0 Å². The highest BCUT2D eigenvalue weighted by Gasteiger charge is 2.14. The molecule has 0 bridgehead atoms. The highest BCUT2D eigenvalue weighted by molar-refractivity contribution is 5.94. The monoisotopic (exact) mass is 356 g/mol. The number of carbonyl (C=O) groups is 2. The number of methoxy groups -OCH3 is 1. The average Bonchev–Trinajstić information content (AvgIpc) is 2.58. The van der Waals surface area contributed by atoms with Gasteiger partial charge < -0.3 is 19.7 Å². The normalized spacial score (nSPS) is 10.2. The molecule has 6 nitrogen and oxygen atoms in total. The summed E-state index contributed by atoms with van der Waals surface area (Å²) in [6, 6.07) is 12.8. The highest BCUT2D eigenvalue weighted by Crippen LogP contribution is 2.17. The van der Waals surface area contributed by atoms with E-state index in [0.29, 0.717) is 17.2 Å². The van der Waals surface area contributed by atoms with E-state index in [4.69, 9.17) is 9.47 Å². The molecule has 0 aliphatic carbocycles. The third-order valence-electron chi connectivity index (χ3n) is 3.72. The molecular formula is C20H24N2O4. The number of carbonyl (C=O) groups excluding carboxylic acids is 2.